The van der Waals surface area contributed by atoms with Gasteiger partial charge in [0, 0.05) is 12.1 Å². The smallest absolute Gasteiger partial charge is 0.0713 e. The van der Waals surface area contributed by atoms with Crippen molar-refractivity contribution in [2.45, 2.75) is 25.4 Å². The predicted octanol–water partition coefficient (Wildman–Crippen LogP) is 3.38. The zero-order valence-electron chi connectivity index (χ0n) is 10.0. The summed E-state index contributed by atoms with van der Waals surface area (Å²) in [4.78, 5) is 0. The second-order valence-electron chi connectivity index (χ2n) is 4.35. The van der Waals surface area contributed by atoms with Crippen molar-refractivity contribution in [3.8, 4) is 0 Å². The van der Waals surface area contributed by atoms with Crippen LogP contribution in [-0.2, 0) is 11.3 Å². The molecule has 1 saturated heterocycles. The van der Waals surface area contributed by atoms with Gasteiger partial charge in [0.1, 0.15) is 0 Å². The van der Waals surface area contributed by atoms with Gasteiger partial charge in [-0.1, -0.05) is 17.7 Å². The lowest BCUT2D eigenvalue weighted by molar-refractivity contribution is 0.185. The summed E-state index contributed by atoms with van der Waals surface area (Å²) in [5.41, 5.74) is 2.53. The molecule has 2 nitrogen and oxygen atoms in total. The first-order valence-electron chi connectivity index (χ1n) is 5.78. The van der Waals surface area contributed by atoms with E-state index in [1.807, 2.05) is 6.07 Å². The lowest BCUT2D eigenvalue weighted by Crippen LogP contribution is -2.26. The molecule has 1 aromatic rings. The van der Waals surface area contributed by atoms with Gasteiger partial charge < -0.3 is 10.1 Å². The fourth-order valence-corrected chi connectivity index (χ4v) is 2.58. The fourth-order valence-electron chi connectivity index (χ4n) is 2.32. The predicted molar refractivity (Wildman–Crippen MR) is 74.3 cm³/mol. The maximum absolute atomic E-state index is 6.13. The van der Waals surface area contributed by atoms with E-state index in [1.165, 1.54) is 24.0 Å². The van der Waals surface area contributed by atoms with Crippen LogP contribution in [0.15, 0.2) is 18.2 Å². The minimum atomic E-state index is 0. The van der Waals surface area contributed by atoms with Crippen LogP contribution in [0, 0.1) is 0 Å². The summed E-state index contributed by atoms with van der Waals surface area (Å²) in [7, 11) is 1.71. The van der Waals surface area contributed by atoms with E-state index in [1.54, 1.807) is 7.11 Å². The van der Waals surface area contributed by atoms with Crippen LogP contribution in [0.2, 0.25) is 5.02 Å². The first-order chi connectivity index (χ1) is 7.79. The SMILES string of the molecule is COCc1cc(Cl)cc(C2CCNCC2)c1.Cl. The Morgan fingerprint density at radius 3 is 2.65 bits per heavy atom. The molecule has 0 saturated carbocycles. The highest BCUT2D eigenvalue weighted by molar-refractivity contribution is 6.30. The van der Waals surface area contributed by atoms with Crippen molar-refractivity contribution in [3.63, 3.8) is 0 Å². The lowest BCUT2D eigenvalue weighted by Gasteiger charge is -2.23. The number of hydrogen-bond donors (Lipinski definition) is 1. The monoisotopic (exact) mass is 275 g/mol. The normalized spacial score (nSPS) is 16.6. The van der Waals surface area contributed by atoms with E-state index in [0.29, 0.717) is 12.5 Å². The van der Waals surface area contributed by atoms with Gasteiger partial charge in [0.05, 0.1) is 6.61 Å². The molecule has 1 heterocycles. The van der Waals surface area contributed by atoms with Gasteiger partial charge in [-0.05, 0) is 55.1 Å². The van der Waals surface area contributed by atoms with Crippen LogP contribution in [0.3, 0.4) is 0 Å². The molecule has 1 aromatic carbocycles. The van der Waals surface area contributed by atoms with Crippen LogP contribution in [0.5, 0.6) is 0 Å². The van der Waals surface area contributed by atoms with Crippen molar-refractivity contribution in [1.29, 1.82) is 0 Å². The third-order valence-electron chi connectivity index (χ3n) is 3.10. The van der Waals surface area contributed by atoms with E-state index < -0.39 is 0 Å². The summed E-state index contributed by atoms with van der Waals surface area (Å²) >= 11 is 6.13. The first kappa shape index (κ1) is 14.8. The van der Waals surface area contributed by atoms with E-state index in [4.69, 9.17) is 16.3 Å². The Morgan fingerprint density at radius 1 is 1.29 bits per heavy atom. The van der Waals surface area contributed by atoms with Gasteiger partial charge in [-0.2, -0.15) is 0 Å². The molecule has 1 aliphatic heterocycles. The average Bonchev–Trinajstić information content (AvgIpc) is 2.30. The van der Waals surface area contributed by atoms with Gasteiger partial charge in [-0.3, -0.25) is 0 Å². The number of rotatable bonds is 3. The van der Waals surface area contributed by atoms with Crippen LogP contribution in [0.4, 0.5) is 0 Å². The molecular formula is C13H19Cl2NO. The number of methoxy groups -OCH3 is 1. The Kier molecular flexibility index (Phi) is 6.28. The van der Waals surface area contributed by atoms with Crippen molar-refractivity contribution >= 4 is 24.0 Å². The molecule has 0 aliphatic carbocycles. The van der Waals surface area contributed by atoms with Gasteiger partial charge in [0.2, 0.25) is 0 Å². The molecule has 17 heavy (non-hydrogen) atoms. The molecule has 0 spiro atoms. The van der Waals surface area contributed by atoms with Crippen molar-refractivity contribution in [3.05, 3.63) is 34.3 Å². The van der Waals surface area contributed by atoms with Gasteiger partial charge >= 0.3 is 0 Å². The Labute approximate surface area is 114 Å². The summed E-state index contributed by atoms with van der Waals surface area (Å²) in [6, 6.07) is 6.30. The summed E-state index contributed by atoms with van der Waals surface area (Å²) in [5, 5.41) is 4.20. The molecule has 96 valence electrons. The highest BCUT2D eigenvalue weighted by Gasteiger charge is 2.15. The number of hydrogen-bond acceptors (Lipinski definition) is 2. The summed E-state index contributed by atoms with van der Waals surface area (Å²) in [5.74, 6) is 0.649. The van der Waals surface area contributed by atoms with E-state index in [0.717, 1.165) is 18.1 Å². The number of halogens is 2. The maximum atomic E-state index is 6.13. The molecule has 0 radical (unpaired) electrons. The Hall–Kier alpha value is -0.280. The fraction of sp³-hybridized carbons (Fsp3) is 0.538. The van der Waals surface area contributed by atoms with Crippen molar-refractivity contribution in [2.24, 2.45) is 0 Å². The second kappa shape index (κ2) is 7.22. The third kappa shape index (κ3) is 4.14. The number of nitrogens with one attached hydrogen (secondary N) is 1. The zero-order chi connectivity index (χ0) is 11.4. The van der Waals surface area contributed by atoms with Gasteiger partial charge in [-0.15, -0.1) is 12.4 Å². The highest BCUT2D eigenvalue weighted by Crippen LogP contribution is 2.28. The van der Waals surface area contributed by atoms with Gasteiger partial charge in [-0.25, -0.2) is 0 Å². The van der Waals surface area contributed by atoms with Crippen LogP contribution in [-0.4, -0.2) is 20.2 Å². The average molecular weight is 276 g/mol. The molecule has 0 amide bonds. The van der Waals surface area contributed by atoms with Gasteiger partial charge in [0.15, 0.2) is 0 Å². The number of benzene rings is 1. The molecule has 1 aliphatic rings. The van der Waals surface area contributed by atoms with Crippen LogP contribution >= 0.6 is 24.0 Å². The Bertz CT molecular complexity index is 351. The highest BCUT2D eigenvalue weighted by atomic mass is 35.5. The first-order valence-corrected chi connectivity index (χ1v) is 6.16. The lowest BCUT2D eigenvalue weighted by atomic mass is 9.89. The minimum absolute atomic E-state index is 0. The van der Waals surface area contributed by atoms with E-state index in [-0.39, 0.29) is 12.4 Å². The molecule has 1 fully saturated rings. The summed E-state index contributed by atoms with van der Waals surface area (Å²) < 4.78 is 5.15. The van der Waals surface area contributed by atoms with Crippen molar-refractivity contribution < 1.29 is 4.74 Å². The molecule has 4 heteroatoms. The standard InChI is InChI=1S/C13H18ClNO.ClH/c1-16-9-10-6-12(8-13(14)7-10)11-2-4-15-5-3-11;/h6-8,11,15H,2-5,9H2,1H3;1H. The third-order valence-corrected chi connectivity index (χ3v) is 3.32. The quantitative estimate of drug-likeness (QED) is 0.913. The van der Waals surface area contributed by atoms with Crippen LogP contribution in [0.25, 0.3) is 0 Å². The Balaban J connectivity index is 0.00000144. The molecule has 0 atom stereocenters. The van der Waals surface area contributed by atoms with E-state index >= 15 is 0 Å². The van der Waals surface area contributed by atoms with E-state index in [2.05, 4.69) is 17.4 Å². The molecular weight excluding hydrogens is 257 g/mol. The molecule has 0 unspecified atom stereocenters. The number of ether oxygens (including phenoxy) is 1. The topological polar surface area (TPSA) is 21.3 Å². The Morgan fingerprint density at radius 2 is 2.00 bits per heavy atom. The largest absolute Gasteiger partial charge is 0.380 e. The zero-order valence-corrected chi connectivity index (χ0v) is 11.6. The second-order valence-corrected chi connectivity index (χ2v) is 4.79. The van der Waals surface area contributed by atoms with Crippen molar-refractivity contribution in [1.82, 2.24) is 5.32 Å². The maximum Gasteiger partial charge on any atom is 0.0713 e. The molecule has 0 aromatic heterocycles. The summed E-state index contributed by atoms with van der Waals surface area (Å²) in [6.45, 7) is 2.85. The van der Waals surface area contributed by atoms with Crippen LogP contribution in [0.1, 0.15) is 29.9 Å². The van der Waals surface area contributed by atoms with Gasteiger partial charge in [0.25, 0.3) is 0 Å². The van der Waals surface area contributed by atoms with E-state index in [9.17, 15) is 0 Å². The minimum Gasteiger partial charge on any atom is -0.380 e. The summed E-state index contributed by atoms with van der Waals surface area (Å²) in [6.07, 6.45) is 2.40. The molecule has 2 rings (SSSR count). The molecule has 0 bridgehead atoms. The van der Waals surface area contributed by atoms with Crippen molar-refractivity contribution in [2.75, 3.05) is 20.2 Å². The number of piperidine rings is 1. The molecule has 1 N–H and O–H groups in total. The van der Waals surface area contributed by atoms with Crippen LogP contribution < -0.4 is 5.32 Å².